The van der Waals surface area contributed by atoms with Crippen molar-refractivity contribution in [2.45, 2.75) is 6.54 Å². The van der Waals surface area contributed by atoms with E-state index in [1.54, 1.807) is 24.0 Å². The molecule has 8 nitrogen and oxygen atoms in total. The number of hydrogen-bond acceptors (Lipinski definition) is 6. The largest absolute Gasteiger partial charge is 0.332 e. The Morgan fingerprint density at radius 1 is 1.03 bits per heavy atom. The molecule has 0 unspecified atom stereocenters. The minimum Gasteiger partial charge on any atom is -0.332 e. The molecular weight excluding hydrogens is 368 g/mol. The van der Waals surface area contributed by atoms with E-state index in [9.17, 15) is 4.79 Å². The Kier molecular flexibility index (Phi) is 4.02. The fourth-order valence-electron chi connectivity index (χ4n) is 3.24. The first-order valence-corrected chi connectivity index (χ1v) is 9.06. The van der Waals surface area contributed by atoms with E-state index in [0.29, 0.717) is 29.1 Å². The highest BCUT2D eigenvalue weighted by molar-refractivity contribution is 5.84. The molecule has 0 bridgehead atoms. The number of pyridine rings is 1. The van der Waals surface area contributed by atoms with E-state index in [4.69, 9.17) is 4.52 Å². The van der Waals surface area contributed by atoms with Crippen LogP contribution in [0.5, 0.6) is 0 Å². The van der Waals surface area contributed by atoms with Crippen LogP contribution in [-0.4, -0.2) is 29.7 Å². The molecule has 2 aromatic carbocycles. The zero-order chi connectivity index (χ0) is 19.8. The Labute approximate surface area is 165 Å². The second-order valence-corrected chi connectivity index (χ2v) is 6.69. The third kappa shape index (κ3) is 3.10. The van der Waals surface area contributed by atoms with Gasteiger partial charge in [0.1, 0.15) is 5.69 Å². The lowest BCUT2D eigenvalue weighted by Crippen LogP contribution is -2.18. The molecule has 0 aliphatic heterocycles. The van der Waals surface area contributed by atoms with Crippen molar-refractivity contribution in [1.82, 2.24) is 29.7 Å². The summed E-state index contributed by atoms with van der Waals surface area (Å²) in [5.41, 5.74) is 2.04. The van der Waals surface area contributed by atoms with E-state index in [0.717, 1.165) is 10.9 Å². The smallest absolute Gasteiger partial charge is 0.275 e. The van der Waals surface area contributed by atoms with Crippen molar-refractivity contribution in [2.24, 2.45) is 7.05 Å². The predicted octanol–water partition coefficient (Wildman–Crippen LogP) is 2.90. The van der Waals surface area contributed by atoms with Crippen molar-refractivity contribution in [2.75, 3.05) is 0 Å². The third-order valence-electron chi connectivity index (χ3n) is 4.75. The number of nitrogens with zero attached hydrogens (tertiary/aromatic N) is 6. The number of fused-ring (bicyclic) bond motifs is 1. The van der Waals surface area contributed by atoms with Crippen LogP contribution in [0.3, 0.4) is 0 Å². The minimum atomic E-state index is -0.119. The Bertz CT molecular complexity index is 1370. The lowest BCUT2D eigenvalue weighted by Gasteiger charge is -2.06. The van der Waals surface area contributed by atoms with Gasteiger partial charge in [-0.3, -0.25) is 4.79 Å². The number of hydrogen-bond donors (Lipinski definition) is 0. The lowest BCUT2D eigenvalue weighted by molar-refractivity contribution is 0.429. The normalized spacial score (nSPS) is 11.2. The average Bonchev–Trinajstić information content (AvgIpc) is 3.41. The van der Waals surface area contributed by atoms with Gasteiger partial charge in [-0.15, -0.1) is 5.10 Å². The van der Waals surface area contributed by atoms with E-state index < -0.39 is 0 Å². The molecule has 5 rings (SSSR count). The molecule has 0 amide bonds. The van der Waals surface area contributed by atoms with Crippen molar-refractivity contribution in [1.29, 1.82) is 0 Å². The summed E-state index contributed by atoms with van der Waals surface area (Å²) in [6.07, 6.45) is 1.76. The maximum atomic E-state index is 12.6. The molecule has 0 saturated heterocycles. The summed E-state index contributed by atoms with van der Waals surface area (Å²) in [6.45, 7) is 0.595. The topological polar surface area (TPSA) is 91.6 Å². The van der Waals surface area contributed by atoms with Crippen LogP contribution in [0.25, 0.3) is 33.9 Å². The number of rotatable bonds is 4. The molecule has 0 aliphatic rings. The first kappa shape index (κ1) is 17.1. The van der Waals surface area contributed by atoms with Crippen LogP contribution in [0.4, 0.5) is 0 Å². The summed E-state index contributed by atoms with van der Waals surface area (Å²) in [5.74, 6) is 0.572. The fraction of sp³-hybridized carbons (Fsp3) is 0.0952. The van der Waals surface area contributed by atoms with Crippen LogP contribution in [0.15, 0.2) is 76.2 Å². The Morgan fingerprint density at radius 2 is 1.83 bits per heavy atom. The standard InChI is InChI=1S/C21H16N6O2/c1-26-18(11-15-9-5-6-10-16(15)21(26)28)20-22-19(24-29-20)17-13-27(25-23-17)12-14-7-3-2-4-8-14/h2-11,13H,12H2,1H3. The van der Waals surface area contributed by atoms with Crippen molar-refractivity contribution < 1.29 is 4.52 Å². The van der Waals surface area contributed by atoms with Gasteiger partial charge in [0.2, 0.25) is 5.82 Å². The van der Waals surface area contributed by atoms with Crippen LogP contribution in [-0.2, 0) is 13.6 Å². The highest BCUT2D eigenvalue weighted by Gasteiger charge is 2.17. The van der Waals surface area contributed by atoms with Crippen molar-refractivity contribution in [3.05, 3.63) is 82.8 Å². The van der Waals surface area contributed by atoms with Crippen LogP contribution < -0.4 is 5.56 Å². The molecule has 3 heterocycles. The molecule has 142 valence electrons. The maximum Gasteiger partial charge on any atom is 0.275 e. The molecule has 8 heteroatoms. The molecule has 3 aromatic heterocycles. The molecule has 0 fully saturated rings. The molecule has 0 atom stereocenters. The van der Waals surface area contributed by atoms with E-state index in [-0.39, 0.29) is 11.4 Å². The maximum absolute atomic E-state index is 12.6. The van der Waals surface area contributed by atoms with E-state index >= 15 is 0 Å². The number of benzene rings is 2. The summed E-state index contributed by atoms with van der Waals surface area (Å²) in [4.78, 5) is 17.1. The quantitative estimate of drug-likeness (QED) is 0.473. The molecule has 0 spiro atoms. The summed E-state index contributed by atoms with van der Waals surface area (Å²) >= 11 is 0. The molecule has 0 aliphatic carbocycles. The highest BCUT2D eigenvalue weighted by Crippen LogP contribution is 2.22. The van der Waals surface area contributed by atoms with Crippen LogP contribution in [0, 0.1) is 0 Å². The van der Waals surface area contributed by atoms with Gasteiger partial charge in [0, 0.05) is 12.4 Å². The minimum absolute atomic E-state index is 0.119. The average molecular weight is 384 g/mol. The SMILES string of the molecule is Cn1c(-c2nc(-c3cn(Cc4ccccc4)nn3)no2)cc2ccccc2c1=O. The van der Waals surface area contributed by atoms with Crippen molar-refractivity contribution in [3.63, 3.8) is 0 Å². The van der Waals surface area contributed by atoms with Gasteiger partial charge in [0.05, 0.1) is 12.7 Å². The summed E-state index contributed by atoms with van der Waals surface area (Å²) in [7, 11) is 1.68. The van der Waals surface area contributed by atoms with Gasteiger partial charge in [-0.1, -0.05) is 58.9 Å². The van der Waals surface area contributed by atoms with Gasteiger partial charge in [0.15, 0.2) is 5.69 Å². The van der Waals surface area contributed by atoms with Gasteiger partial charge in [-0.05, 0) is 23.1 Å². The number of aromatic nitrogens is 6. The fourth-order valence-corrected chi connectivity index (χ4v) is 3.24. The van der Waals surface area contributed by atoms with Crippen molar-refractivity contribution >= 4 is 10.8 Å². The first-order valence-electron chi connectivity index (χ1n) is 9.06. The Balaban J connectivity index is 1.48. The molecule has 5 aromatic rings. The van der Waals surface area contributed by atoms with E-state index in [1.807, 2.05) is 54.6 Å². The first-order chi connectivity index (χ1) is 14.2. The van der Waals surface area contributed by atoms with E-state index in [1.165, 1.54) is 4.57 Å². The monoisotopic (exact) mass is 384 g/mol. The van der Waals surface area contributed by atoms with Gasteiger partial charge >= 0.3 is 0 Å². The molecule has 29 heavy (non-hydrogen) atoms. The van der Waals surface area contributed by atoms with Crippen molar-refractivity contribution in [3.8, 4) is 23.1 Å². The Hall–Kier alpha value is -4.07. The predicted molar refractivity (Wildman–Crippen MR) is 107 cm³/mol. The Morgan fingerprint density at radius 3 is 2.69 bits per heavy atom. The second kappa shape index (κ2) is 6.83. The zero-order valence-corrected chi connectivity index (χ0v) is 15.6. The van der Waals surface area contributed by atoms with Gasteiger partial charge in [-0.25, -0.2) is 4.68 Å². The van der Waals surface area contributed by atoms with Gasteiger partial charge in [0.25, 0.3) is 11.4 Å². The van der Waals surface area contributed by atoms with Gasteiger partial charge < -0.3 is 9.09 Å². The molecule has 0 saturated carbocycles. The molecule has 0 N–H and O–H groups in total. The molecule has 0 radical (unpaired) electrons. The highest BCUT2D eigenvalue weighted by atomic mass is 16.5. The summed E-state index contributed by atoms with van der Waals surface area (Å²) in [5, 5.41) is 13.7. The van der Waals surface area contributed by atoms with E-state index in [2.05, 4.69) is 20.5 Å². The second-order valence-electron chi connectivity index (χ2n) is 6.69. The van der Waals surface area contributed by atoms with Crippen LogP contribution >= 0.6 is 0 Å². The van der Waals surface area contributed by atoms with Gasteiger partial charge in [-0.2, -0.15) is 4.98 Å². The van der Waals surface area contributed by atoms with Crippen LogP contribution in [0.1, 0.15) is 5.56 Å². The summed E-state index contributed by atoms with van der Waals surface area (Å²) < 4.78 is 8.64. The third-order valence-corrected chi connectivity index (χ3v) is 4.75. The molecular formula is C21H16N6O2. The zero-order valence-electron chi connectivity index (χ0n) is 15.6. The summed E-state index contributed by atoms with van der Waals surface area (Å²) in [6, 6.07) is 19.2. The lowest BCUT2D eigenvalue weighted by atomic mass is 10.1. The van der Waals surface area contributed by atoms with Crippen LogP contribution in [0.2, 0.25) is 0 Å².